The van der Waals surface area contributed by atoms with Gasteiger partial charge in [-0.1, -0.05) is 30.2 Å². The quantitative estimate of drug-likeness (QED) is 0.353. The molecule has 2 aromatic carbocycles. The summed E-state index contributed by atoms with van der Waals surface area (Å²) in [6, 6.07) is 21.4. The van der Waals surface area contributed by atoms with Crippen molar-refractivity contribution >= 4 is 16.9 Å². The number of aryl methyl sites for hydroxylation is 2. The fourth-order valence-corrected chi connectivity index (χ4v) is 3.48. The second-order valence-corrected chi connectivity index (χ2v) is 7.01. The maximum Gasteiger partial charge on any atom is 0.338 e. The third-order valence-electron chi connectivity index (χ3n) is 4.95. The molecule has 0 aliphatic heterocycles. The van der Waals surface area contributed by atoms with E-state index in [2.05, 4.69) is 35.5 Å². The first-order chi connectivity index (χ1) is 14.6. The number of para-hydroxylation sites is 1. The van der Waals surface area contributed by atoms with Crippen molar-refractivity contribution in [1.82, 2.24) is 9.55 Å². The molecule has 4 aromatic rings. The first kappa shape index (κ1) is 19.5. The molecule has 0 saturated heterocycles. The maximum absolute atomic E-state index is 11.8. The number of carbonyl (C=O) groups excluding carboxylic acids is 1. The molecule has 0 N–H and O–H groups in total. The second kappa shape index (κ2) is 8.26. The van der Waals surface area contributed by atoms with Crippen LogP contribution in [-0.4, -0.2) is 22.1 Å². The van der Waals surface area contributed by atoms with Crippen molar-refractivity contribution in [3.8, 4) is 17.7 Å². The minimum atomic E-state index is -0.321. The van der Waals surface area contributed by atoms with E-state index < -0.39 is 0 Å². The Morgan fingerprint density at radius 2 is 1.73 bits per heavy atom. The van der Waals surface area contributed by atoms with Crippen LogP contribution in [0.2, 0.25) is 0 Å². The molecule has 2 heterocycles. The van der Waals surface area contributed by atoms with Crippen LogP contribution in [0.5, 0.6) is 0 Å². The van der Waals surface area contributed by atoms with E-state index >= 15 is 0 Å². The van der Waals surface area contributed by atoms with Gasteiger partial charge in [0.1, 0.15) is 11.5 Å². The number of carbonyl (C=O) groups is 1. The molecule has 0 bridgehead atoms. The summed E-state index contributed by atoms with van der Waals surface area (Å²) in [4.78, 5) is 16.6. The van der Waals surface area contributed by atoms with Crippen molar-refractivity contribution in [3.05, 3.63) is 94.8 Å². The van der Waals surface area contributed by atoms with Crippen LogP contribution >= 0.6 is 0 Å². The molecule has 0 unspecified atom stereocenters. The van der Waals surface area contributed by atoms with E-state index in [1.165, 1.54) is 0 Å². The lowest BCUT2D eigenvalue weighted by atomic mass is 10.1. The molecule has 2 aromatic heterocycles. The molecular formula is C26H22N2O2. The van der Waals surface area contributed by atoms with Crippen molar-refractivity contribution in [2.45, 2.75) is 20.8 Å². The molecule has 4 nitrogen and oxygen atoms in total. The lowest BCUT2D eigenvalue weighted by Crippen LogP contribution is -2.04. The molecule has 0 radical (unpaired) electrons. The second-order valence-electron chi connectivity index (χ2n) is 7.01. The van der Waals surface area contributed by atoms with Crippen molar-refractivity contribution < 1.29 is 9.53 Å². The summed E-state index contributed by atoms with van der Waals surface area (Å²) in [5, 5.41) is 1.16. The number of nitrogens with zero attached hydrogens (tertiary/aromatic N) is 2. The third kappa shape index (κ3) is 3.70. The van der Waals surface area contributed by atoms with Crippen LogP contribution in [0.4, 0.5) is 0 Å². The molecule has 4 heteroatoms. The summed E-state index contributed by atoms with van der Waals surface area (Å²) in [7, 11) is 0. The average Bonchev–Trinajstić information content (AvgIpc) is 3.05. The number of hydrogen-bond acceptors (Lipinski definition) is 3. The van der Waals surface area contributed by atoms with Gasteiger partial charge in [0.15, 0.2) is 0 Å². The standard InChI is InChI=1S/C26H22N2O2/c1-4-30-26(29)21-15-12-20(13-16-21)14-17-23-19(3)22-9-5-6-10-24(22)28(23)25-11-7-8-18(2)27-25/h5-13,15-16H,4H2,1-3H3. The number of esters is 1. The molecule has 0 amide bonds. The molecule has 0 spiro atoms. The topological polar surface area (TPSA) is 44.1 Å². The SMILES string of the molecule is CCOC(=O)c1ccc(C#Cc2c(C)c3ccccc3n2-c2cccc(C)n2)cc1. The van der Waals surface area contributed by atoms with Crippen molar-refractivity contribution in [3.63, 3.8) is 0 Å². The molecule has 148 valence electrons. The van der Waals surface area contributed by atoms with Gasteiger partial charge in [-0.15, -0.1) is 0 Å². The van der Waals surface area contributed by atoms with Crippen LogP contribution in [0.1, 0.15) is 39.8 Å². The van der Waals surface area contributed by atoms with E-state index in [9.17, 15) is 4.79 Å². The summed E-state index contributed by atoms with van der Waals surface area (Å²) in [5.74, 6) is 7.10. The zero-order chi connectivity index (χ0) is 21.1. The van der Waals surface area contributed by atoms with Gasteiger partial charge in [0, 0.05) is 16.6 Å². The van der Waals surface area contributed by atoms with Gasteiger partial charge in [0.2, 0.25) is 0 Å². The zero-order valence-corrected chi connectivity index (χ0v) is 17.3. The molecule has 30 heavy (non-hydrogen) atoms. The molecule has 0 atom stereocenters. The number of ether oxygens (including phenoxy) is 1. The van der Waals surface area contributed by atoms with Crippen LogP contribution in [0, 0.1) is 25.7 Å². The summed E-state index contributed by atoms with van der Waals surface area (Å²) < 4.78 is 7.14. The number of hydrogen-bond donors (Lipinski definition) is 0. The van der Waals surface area contributed by atoms with E-state index in [1.54, 1.807) is 19.1 Å². The predicted molar refractivity (Wildman–Crippen MR) is 119 cm³/mol. The monoisotopic (exact) mass is 394 g/mol. The smallest absolute Gasteiger partial charge is 0.338 e. The first-order valence-corrected chi connectivity index (χ1v) is 9.91. The largest absolute Gasteiger partial charge is 0.462 e. The normalized spacial score (nSPS) is 10.5. The molecule has 4 rings (SSSR count). The van der Waals surface area contributed by atoms with Crippen LogP contribution in [0.3, 0.4) is 0 Å². The highest BCUT2D eigenvalue weighted by atomic mass is 16.5. The Balaban J connectivity index is 1.80. The van der Waals surface area contributed by atoms with Crippen LogP contribution in [0.15, 0.2) is 66.7 Å². The van der Waals surface area contributed by atoms with E-state index in [0.717, 1.165) is 39.2 Å². The van der Waals surface area contributed by atoms with E-state index in [0.29, 0.717) is 12.2 Å². The van der Waals surface area contributed by atoms with Gasteiger partial charge in [-0.3, -0.25) is 4.57 Å². The van der Waals surface area contributed by atoms with Crippen molar-refractivity contribution in [2.24, 2.45) is 0 Å². The van der Waals surface area contributed by atoms with E-state index in [4.69, 9.17) is 9.72 Å². The van der Waals surface area contributed by atoms with Crippen LogP contribution < -0.4 is 0 Å². The molecule has 0 aliphatic carbocycles. The predicted octanol–water partition coefficient (Wildman–Crippen LogP) is 5.22. The van der Waals surface area contributed by atoms with Crippen LogP contribution in [-0.2, 0) is 4.74 Å². The number of fused-ring (bicyclic) bond motifs is 1. The van der Waals surface area contributed by atoms with Gasteiger partial charge >= 0.3 is 5.97 Å². The zero-order valence-electron chi connectivity index (χ0n) is 17.3. The lowest BCUT2D eigenvalue weighted by Gasteiger charge is -2.07. The van der Waals surface area contributed by atoms with Crippen molar-refractivity contribution in [1.29, 1.82) is 0 Å². The van der Waals surface area contributed by atoms with E-state index in [1.807, 2.05) is 49.4 Å². The Morgan fingerprint density at radius 1 is 0.967 bits per heavy atom. The maximum atomic E-state index is 11.8. The Kier molecular flexibility index (Phi) is 5.36. The van der Waals surface area contributed by atoms with Crippen molar-refractivity contribution in [2.75, 3.05) is 6.61 Å². The van der Waals surface area contributed by atoms with Gasteiger partial charge in [-0.05, 0) is 74.7 Å². The fourth-order valence-electron chi connectivity index (χ4n) is 3.48. The average molecular weight is 394 g/mol. The Labute approximate surface area is 176 Å². The van der Waals surface area contributed by atoms with Gasteiger partial charge in [0.25, 0.3) is 0 Å². The number of benzene rings is 2. The lowest BCUT2D eigenvalue weighted by molar-refractivity contribution is 0.0526. The molecular weight excluding hydrogens is 372 g/mol. The van der Waals surface area contributed by atoms with E-state index in [-0.39, 0.29) is 5.97 Å². The van der Waals surface area contributed by atoms with Crippen LogP contribution in [0.25, 0.3) is 16.7 Å². The molecule has 0 aliphatic rings. The first-order valence-electron chi connectivity index (χ1n) is 9.91. The van der Waals surface area contributed by atoms with Gasteiger partial charge in [-0.25, -0.2) is 9.78 Å². The Hall–Kier alpha value is -3.84. The summed E-state index contributed by atoms with van der Waals surface area (Å²) in [6.45, 7) is 6.22. The summed E-state index contributed by atoms with van der Waals surface area (Å²) >= 11 is 0. The molecule has 0 fully saturated rings. The molecule has 0 saturated carbocycles. The minimum Gasteiger partial charge on any atom is -0.462 e. The van der Waals surface area contributed by atoms with Gasteiger partial charge < -0.3 is 4.74 Å². The number of pyridine rings is 1. The van der Waals surface area contributed by atoms with Gasteiger partial charge in [-0.2, -0.15) is 0 Å². The number of rotatable bonds is 3. The van der Waals surface area contributed by atoms with Gasteiger partial charge in [0.05, 0.1) is 17.7 Å². The highest BCUT2D eigenvalue weighted by molar-refractivity contribution is 5.90. The highest BCUT2D eigenvalue weighted by Crippen LogP contribution is 2.28. The fraction of sp³-hybridized carbons (Fsp3) is 0.154. The Bertz CT molecular complexity index is 1290. The third-order valence-corrected chi connectivity index (χ3v) is 4.95. The number of aromatic nitrogens is 2. The summed E-state index contributed by atoms with van der Waals surface area (Å²) in [5.41, 5.74) is 5.41. The minimum absolute atomic E-state index is 0.321. The summed E-state index contributed by atoms with van der Waals surface area (Å²) in [6.07, 6.45) is 0. The Morgan fingerprint density at radius 3 is 2.47 bits per heavy atom. The highest BCUT2D eigenvalue weighted by Gasteiger charge is 2.14.